The minimum Gasteiger partial charge on any atom is -0.493 e. The maximum atomic E-state index is 13.7. The Morgan fingerprint density at radius 3 is 2.68 bits per heavy atom. The fourth-order valence-corrected chi connectivity index (χ4v) is 2.16. The van der Waals surface area contributed by atoms with Gasteiger partial charge in [-0.15, -0.1) is 5.10 Å². The zero-order valence-electron chi connectivity index (χ0n) is 13.5. The topological polar surface area (TPSA) is 83.4 Å². The summed E-state index contributed by atoms with van der Waals surface area (Å²) in [7, 11) is 1.54. The first kappa shape index (κ1) is 16.5. The van der Waals surface area contributed by atoms with Crippen LogP contribution in [0.1, 0.15) is 17.0 Å². The molecule has 0 aliphatic carbocycles. The average molecular weight is 341 g/mol. The number of hydrogen-bond acceptors (Lipinski definition) is 6. The van der Waals surface area contributed by atoms with Gasteiger partial charge in [0.2, 0.25) is 5.89 Å². The van der Waals surface area contributed by atoms with E-state index in [1.54, 1.807) is 49.6 Å². The van der Waals surface area contributed by atoms with Crippen LogP contribution in [0.2, 0.25) is 0 Å². The number of rotatable bonds is 6. The SMILES string of the molecule is COc1ccc(/C=C/c2nnc(N)o2)cc1OCc1ccccc1F. The van der Waals surface area contributed by atoms with E-state index >= 15 is 0 Å². The lowest BCUT2D eigenvalue weighted by Crippen LogP contribution is -2.00. The molecular weight excluding hydrogens is 325 g/mol. The lowest BCUT2D eigenvalue weighted by atomic mass is 10.2. The molecule has 3 aromatic rings. The maximum Gasteiger partial charge on any atom is 0.313 e. The van der Waals surface area contributed by atoms with Crippen molar-refractivity contribution in [3.8, 4) is 11.5 Å². The molecule has 25 heavy (non-hydrogen) atoms. The molecule has 7 heteroatoms. The largest absolute Gasteiger partial charge is 0.493 e. The van der Waals surface area contributed by atoms with Crippen LogP contribution in [-0.4, -0.2) is 17.3 Å². The molecule has 0 unspecified atom stereocenters. The fraction of sp³-hybridized carbons (Fsp3) is 0.111. The third kappa shape index (κ3) is 4.14. The van der Waals surface area contributed by atoms with Gasteiger partial charge in [-0.25, -0.2) is 4.39 Å². The van der Waals surface area contributed by atoms with E-state index in [4.69, 9.17) is 19.6 Å². The second-order valence-corrected chi connectivity index (χ2v) is 5.10. The summed E-state index contributed by atoms with van der Waals surface area (Å²) in [4.78, 5) is 0. The number of benzene rings is 2. The number of nitrogen functional groups attached to an aromatic ring is 1. The molecule has 2 aromatic carbocycles. The Balaban J connectivity index is 1.78. The van der Waals surface area contributed by atoms with E-state index in [0.29, 0.717) is 23.0 Å². The van der Waals surface area contributed by atoms with Crippen molar-refractivity contribution in [1.29, 1.82) is 0 Å². The Bertz CT molecular complexity index is 893. The molecule has 0 radical (unpaired) electrons. The van der Waals surface area contributed by atoms with E-state index in [1.807, 2.05) is 6.07 Å². The molecule has 0 spiro atoms. The third-order valence-electron chi connectivity index (χ3n) is 3.40. The molecule has 6 nitrogen and oxygen atoms in total. The average Bonchev–Trinajstić information content (AvgIpc) is 3.04. The normalized spacial score (nSPS) is 11.0. The maximum absolute atomic E-state index is 13.7. The molecule has 0 atom stereocenters. The van der Waals surface area contributed by atoms with Crippen LogP contribution in [0.15, 0.2) is 46.9 Å². The molecular formula is C18H16FN3O3. The van der Waals surface area contributed by atoms with Crippen LogP contribution in [0.3, 0.4) is 0 Å². The van der Waals surface area contributed by atoms with Crippen molar-refractivity contribution < 1.29 is 18.3 Å². The highest BCUT2D eigenvalue weighted by molar-refractivity contribution is 5.68. The lowest BCUT2D eigenvalue weighted by molar-refractivity contribution is 0.279. The van der Waals surface area contributed by atoms with Gasteiger partial charge in [-0.1, -0.05) is 29.4 Å². The van der Waals surface area contributed by atoms with E-state index in [1.165, 1.54) is 6.07 Å². The summed E-state index contributed by atoms with van der Waals surface area (Å²) in [6, 6.07) is 11.8. The Kier molecular flexibility index (Phi) is 4.94. The minimum absolute atomic E-state index is 0.00305. The summed E-state index contributed by atoms with van der Waals surface area (Å²) in [5.74, 6) is 1.03. The van der Waals surface area contributed by atoms with Gasteiger partial charge >= 0.3 is 6.01 Å². The number of anilines is 1. The highest BCUT2D eigenvalue weighted by Crippen LogP contribution is 2.29. The summed E-state index contributed by atoms with van der Waals surface area (Å²) in [6.07, 6.45) is 3.40. The van der Waals surface area contributed by atoms with Crippen LogP contribution in [0.4, 0.5) is 10.4 Å². The van der Waals surface area contributed by atoms with Crippen molar-refractivity contribution in [2.45, 2.75) is 6.61 Å². The molecule has 3 rings (SSSR count). The predicted octanol–water partition coefficient (Wildman–Crippen LogP) is 3.55. The monoisotopic (exact) mass is 341 g/mol. The molecule has 0 aliphatic rings. The fourth-order valence-electron chi connectivity index (χ4n) is 2.16. The van der Waals surface area contributed by atoms with Crippen LogP contribution in [0.5, 0.6) is 11.5 Å². The van der Waals surface area contributed by atoms with Gasteiger partial charge in [-0.2, -0.15) is 0 Å². The zero-order chi connectivity index (χ0) is 17.6. The number of aromatic nitrogens is 2. The van der Waals surface area contributed by atoms with E-state index in [0.717, 1.165) is 5.56 Å². The molecule has 128 valence electrons. The summed E-state index contributed by atoms with van der Waals surface area (Å²) in [5, 5.41) is 7.32. The van der Waals surface area contributed by atoms with Crippen molar-refractivity contribution >= 4 is 18.2 Å². The molecule has 2 N–H and O–H groups in total. The van der Waals surface area contributed by atoms with E-state index in [-0.39, 0.29) is 18.4 Å². The van der Waals surface area contributed by atoms with Crippen molar-refractivity contribution in [3.05, 3.63) is 65.3 Å². The summed E-state index contributed by atoms with van der Waals surface area (Å²) in [6.45, 7) is 0.0936. The van der Waals surface area contributed by atoms with E-state index in [9.17, 15) is 4.39 Å². The smallest absolute Gasteiger partial charge is 0.313 e. The van der Waals surface area contributed by atoms with Gasteiger partial charge in [0.25, 0.3) is 0 Å². The highest BCUT2D eigenvalue weighted by atomic mass is 19.1. The second kappa shape index (κ2) is 7.48. The number of nitrogens with zero attached hydrogens (tertiary/aromatic N) is 2. The molecule has 1 aromatic heterocycles. The van der Waals surface area contributed by atoms with Gasteiger partial charge in [0.1, 0.15) is 12.4 Å². The molecule has 0 fully saturated rings. The Morgan fingerprint density at radius 1 is 1.12 bits per heavy atom. The standard InChI is InChI=1S/C18H16FN3O3/c1-23-15-8-6-12(7-9-17-21-22-18(20)25-17)10-16(15)24-11-13-4-2-3-5-14(13)19/h2-10H,11H2,1H3,(H2,20,22)/b9-7+. The van der Waals surface area contributed by atoms with Gasteiger partial charge in [0.15, 0.2) is 11.5 Å². The van der Waals surface area contributed by atoms with Crippen LogP contribution in [0, 0.1) is 5.82 Å². The summed E-state index contributed by atoms with van der Waals surface area (Å²) >= 11 is 0. The minimum atomic E-state index is -0.313. The molecule has 0 amide bonds. The number of nitrogens with two attached hydrogens (primary N) is 1. The quantitative estimate of drug-likeness (QED) is 0.738. The van der Waals surface area contributed by atoms with Gasteiger partial charge in [-0.05, 0) is 29.8 Å². The van der Waals surface area contributed by atoms with Crippen LogP contribution >= 0.6 is 0 Å². The van der Waals surface area contributed by atoms with Gasteiger partial charge in [-0.3, -0.25) is 0 Å². The first-order valence-corrected chi connectivity index (χ1v) is 7.47. The Morgan fingerprint density at radius 2 is 1.96 bits per heavy atom. The van der Waals surface area contributed by atoms with E-state index < -0.39 is 0 Å². The van der Waals surface area contributed by atoms with Gasteiger partial charge < -0.3 is 19.6 Å². The molecule has 1 heterocycles. The van der Waals surface area contributed by atoms with Crippen LogP contribution in [0.25, 0.3) is 12.2 Å². The van der Waals surface area contributed by atoms with Crippen molar-refractivity contribution in [2.75, 3.05) is 12.8 Å². The third-order valence-corrected chi connectivity index (χ3v) is 3.40. The van der Waals surface area contributed by atoms with Gasteiger partial charge in [0, 0.05) is 11.6 Å². The summed E-state index contributed by atoms with van der Waals surface area (Å²) in [5.41, 5.74) is 6.66. The van der Waals surface area contributed by atoms with E-state index in [2.05, 4.69) is 10.2 Å². The first-order valence-electron chi connectivity index (χ1n) is 7.47. The second-order valence-electron chi connectivity index (χ2n) is 5.10. The van der Waals surface area contributed by atoms with Crippen LogP contribution in [-0.2, 0) is 6.61 Å². The lowest BCUT2D eigenvalue weighted by Gasteiger charge is -2.12. The molecule has 0 saturated heterocycles. The first-order chi connectivity index (χ1) is 12.2. The number of halogens is 1. The molecule has 0 saturated carbocycles. The number of hydrogen-bond donors (Lipinski definition) is 1. The Labute approximate surface area is 143 Å². The van der Waals surface area contributed by atoms with Crippen molar-refractivity contribution in [1.82, 2.24) is 10.2 Å². The van der Waals surface area contributed by atoms with Crippen LogP contribution < -0.4 is 15.2 Å². The van der Waals surface area contributed by atoms with Gasteiger partial charge in [0.05, 0.1) is 7.11 Å². The van der Waals surface area contributed by atoms with Crippen molar-refractivity contribution in [2.24, 2.45) is 0 Å². The highest BCUT2D eigenvalue weighted by Gasteiger charge is 2.08. The number of methoxy groups -OCH3 is 1. The van der Waals surface area contributed by atoms with Crippen molar-refractivity contribution in [3.63, 3.8) is 0 Å². The predicted molar refractivity (Wildman–Crippen MR) is 91.4 cm³/mol. The summed E-state index contributed by atoms with van der Waals surface area (Å²) < 4.78 is 29.8. The Hall–Kier alpha value is -3.35. The zero-order valence-corrected chi connectivity index (χ0v) is 13.5. The molecule has 0 aliphatic heterocycles. The number of ether oxygens (including phenoxy) is 2. The molecule has 0 bridgehead atoms.